The lowest BCUT2D eigenvalue weighted by Crippen LogP contribution is -2.30. The molecule has 0 unspecified atom stereocenters. The summed E-state index contributed by atoms with van der Waals surface area (Å²) in [6.07, 6.45) is 1.66. The third kappa shape index (κ3) is 5.51. The van der Waals surface area contributed by atoms with E-state index in [1.54, 1.807) is 37.6 Å². The predicted octanol–water partition coefficient (Wildman–Crippen LogP) is 2.05. The zero-order chi connectivity index (χ0) is 15.6. The van der Waals surface area contributed by atoms with E-state index in [1.807, 2.05) is 18.2 Å². The Labute approximate surface area is 129 Å². The first-order valence-electron chi connectivity index (χ1n) is 6.96. The van der Waals surface area contributed by atoms with Crippen molar-refractivity contribution < 1.29 is 14.3 Å². The molecule has 0 radical (unpaired) electrons. The molecule has 0 aliphatic carbocycles. The van der Waals surface area contributed by atoms with Crippen LogP contribution in [0.3, 0.4) is 0 Å². The van der Waals surface area contributed by atoms with Crippen molar-refractivity contribution in [3.8, 4) is 11.6 Å². The molecule has 0 saturated heterocycles. The van der Waals surface area contributed by atoms with E-state index >= 15 is 0 Å². The van der Waals surface area contributed by atoms with Crippen molar-refractivity contribution >= 4 is 11.6 Å². The highest BCUT2D eigenvalue weighted by Gasteiger charge is 2.04. The maximum Gasteiger partial charge on any atom is 0.238 e. The molecule has 0 aliphatic rings. The van der Waals surface area contributed by atoms with Gasteiger partial charge >= 0.3 is 0 Å². The van der Waals surface area contributed by atoms with Crippen molar-refractivity contribution in [3.05, 3.63) is 48.7 Å². The van der Waals surface area contributed by atoms with Gasteiger partial charge in [-0.1, -0.05) is 12.1 Å². The normalized spacial score (nSPS) is 10.2. The molecule has 0 spiro atoms. The molecule has 0 saturated carbocycles. The summed E-state index contributed by atoms with van der Waals surface area (Å²) in [5.74, 6) is 1.00. The number of rotatable bonds is 8. The van der Waals surface area contributed by atoms with Gasteiger partial charge in [-0.2, -0.15) is 0 Å². The van der Waals surface area contributed by atoms with Crippen LogP contribution in [0.2, 0.25) is 0 Å². The van der Waals surface area contributed by atoms with Crippen LogP contribution in [-0.4, -0.2) is 37.7 Å². The number of hydrogen-bond donors (Lipinski definition) is 2. The van der Waals surface area contributed by atoms with Crippen LogP contribution >= 0.6 is 0 Å². The average molecular weight is 301 g/mol. The summed E-state index contributed by atoms with van der Waals surface area (Å²) in [7, 11) is 1.62. The Bertz CT molecular complexity index is 590. The van der Waals surface area contributed by atoms with Gasteiger partial charge in [0.25, 0.3) is 0 Å². The minimum absolute atomic E-state index is 0.119. The van der Waals surface area contributed by atoms with Crippen LogP contribution < -0.4 is 15.4 Å². The number of nitrogens with zero attached hydrogens (tertiary/aromatic N) is 1. The molecule has 0 fully saturated rings. The summed E-state index contributed by atoms with van der Waals surface area (Å²) in [6, 6.07) is 12.6. The smallest absolute Gasteiger partial charge is 0.238 e. The minimum Gasteiger partial charge on any atom is -0.439 e. The van der Waals surface area contributed by atoms with Crippen molar-refractivity contribution in [2.75, 3.05) is 32.1 Å². The monoisotopic (exact) mass is 301 g/mol. The average Bonchev–Trinajstić information content (AvgIpc) is 2.53. The molecule has 116 valence electrons. The predicted molar refractivity (Wildman–Crippen MR) is 84.1 cm³/mol. The van der Waals surface area contributed by atoms with Crippen molar-refractivity contribution in [1.29, 1.82) is 0 Å². The number of hydrogen-bond acceptors (Lipinski definition) is 5. The first-order chi connectivity index (χ1) is 10.8. The summed E-state index contributed by atoms with van der Waals surface area (Å²) in [5, 5.41) is 5.78. The van der Waals surface area contributed by atoms with Crippen LogP contribution in [-0.2, 0) is 9.53 Å². The minimum atomic E-state index is -0.119. The standard InChI is InChI=1S/C16H19N3O3/c1-21-10-9-17-12-15(20)19-13-5-4-6-14(11-13)22-16-7-2-3-8-18-16/h2-8,11,17H,9-10,12H2,1H3,(H,19,20). The Balaban J connectivity index is 1.87. The zero-order valence-electron chi connectivity index (χ0n) is 12.4. The van der Waals surface area contributed by atoms with E-state index in [2.05, 4.69) is 15.6 Å². The van der Waals surface area contributed by atoms with Crippen LogP contribution in [0.25, 0.3) is 0 Å². The van der Waals surface area contributed by atoms with Gasteiger partial charge in [-0.3, -0.25) is 4.79 Å². The number of benzene rings is 1. The van der Waals surface area contributed by atoms with Crippen molar-refractivity contribution in [2.24, 2.45) is 0 Å². The number of carbonyl (C=O) groups is 1. The molecule has 6 nitrogen and oxygen atoms in total. The van der Waals surface area contributed by atoms with E-state index in [0.29, 0.717) is 30.5 Å². The first kappa shape index (κ1) is 15.9. The number of aromatic nitrogens is 1. The molecule has 1 aromatic carbocycles. The third-order valence-corrected chi connectivity index (χ3v) is 2.75. The fraction of sp³-hybridized carbons (Fsp3) is 0.250. The molecule has 2 N–H and O–H groups in total. The van der Waals surface area contributed by atoms with Gasteiger partial charge in [-0.15, -0.1) is 0 Å². The van der Waals surface area contributed by atoms with Gasteiger partial charge in [0, 0.05) is 37.7 Å². The molecular formula is C16H19N3O3. The van der Waals surface area contributed by atoms with Crippen molar-refractivity contribution in [1.82, 2.24) is 10.3 Å². The van der Waals surface area contributed by atoms with Gasteiger partial charge in [-0.25, -0.2) is 4.98 Å². The van der Waals surface area contributed by atoms with Gasteiger partial charge in [0.1, 0.15) is 5.75 Å². The van der Waals surface area contributed by atoms with Crippen LogP contribution in [0.4, 0.5) is 5.69 Å². The SMILES string of the molecule is COCCNCC(=O)Nc1cccc(Oc2ccccn2)c1. The molecular weight excluding hydrogens is 282 g/mol. The number of methoxy groups -OCH3 is 1. The second kappa shape index (κ2) is 8.76. The lowest BCUT2D eigenvalue weighted by molar-refractivity contribution is -0.115. The van der Waals surface area contributed by atoms with E-state index in [4.69, 9.17) is 9.47 Å². The number of anilines is 1. The van der Waals surface area contributed by atoms with Gasteiger partial charge in [-0.05, 0) is 18.2 Å². The maximum absolute atomic E-state index is 11.8. The highest BCUT2D eigenvalue weighted by Crippen LogP contribution is 2.22. The second-order valence-electron chi connectivity index (χ2n) is 4.52. The summed E-state index contributed by atoms with van der Waals surface area (Å²) in [4.78, 5) is 15.9. The molecule has 2 aromatic rings. The molecule has 0 atom stereocenters. The summed E-state index contributed by atoms with van der Waals surface area (Å²) < 4.78 is 10.5. The molecule has 1 aromatic heterocycles. The summed E-state index contributed by atoms with van der Waals surface area (Å²) in [5.41, 5.74) is 0.673. The molecule has 0 bridgehead atoms. The molecule has 22 heavy (non-hydrogen) atoms. The number of pyridine rings is 1. The summed E-state index contributed by atoms with van der Waals surface area (Å²) >= 11 is 0. The van der Waals surface area contributed by atoms with Gasteiger partial charge in [0.05, 0.1) is 13.2 Å². The molecule has 0 aliphatic heterocycles. The number of nitrogens with one attached hydrogen (secondary N) is 2. The third-order valence-electron chi connectivity index (χ3n) is 2.75. The largest absolute Gasteiger partial charge is 0.439 e. The highest BCUT2D eigenvalue weighted by atomic mass is 16.5. The quantitative estimate of drug-likeness (QED) is 0.730. The van der Waals surface area contributed by atoms with E-state index in [9.17, 15) is 4.79 Å². The fourth-order valence-electron chi connectivity index (χ4n) is 1.75. The Morgan fingerprint density at radius 3 is 2.91 bits per heavy atom. The Kier molecular flexibility index (Phi) is 6.35. The van der Waals surface area contributed by atoms with Gasteiger partial charge < -0.3 is 20.1 Å². The van der Waals surface area contributed by atoms with Crippen molar-refractivity contribution in [2.45, 2.75) is 0 Å². The Morgan fingerprint density at radius 2 is 2.14 bits per heavy atom. The molecule has 1 heterocycles. The van der Waals surface area contributed by atoms with E-state index in [-0.39, 0.29) is 12.5 Å². The van der Waals surface area contributed by atoms with Crippen LogP contribution in [0.15, 0.2) is 48.7 Å². The van der Waals surface area contributed by atoms with E-state index in [0.717, 1.165) is 0 Å². The Morgan fingerprint density at radius 1 is 1.23 bits per heavy atom. The van der Waals surface area contributed by atoms with E-state index < -0.39 is 0 Å². The topological polar surface area (TPSA) is 72.5 Å². The van der Waals surface area contributed by atoms with Gasteiger partial charge in [0.2, 0.25) is 11.8 Å². The van der Waals surface area contributed by atoms with Crippen LogP contribution in [0.1, 0.15) is 0 Å². The Hall–Kier alpha value is -2.44. The zero-order valence-corrected chi connectivity index (χ0v) is 12.4. The van der Waals surface area contributed by atoms with Crippen molar-refractivity contribution in [3.63, 3.8) is 0 Å². The lowest BCUT2D eigenvalue weighted by Gasteiger charge is -2.09. The summed E-state index contributed by atoms with van der Waals surface area (Å²) in [6.45, 7) is 1.43. The first-order valence-corrected chi connectivity index (χ1v) is 6.96. The van der Waals surface area contributed by atoms with Gasteiger partial charge in [0.15, 0.2) is 0 Å². The molecule has 2 rings (SSSR count). The maximum atomic E-state index is 11.8. The van der Waals surface area contributed by atoms with Crippen LogP contribution in [0.5, 0.6) is 11.6 Å². The molecule has 6 heteroatoms. The number of carbonyl (C=O) groups excluding carboxylic acids is 1. The molecule has 1 amide bonds. The lowest BCUT2D eigenvalue weighted by atomic mass is 10.3. The number of ether oxygens (including phenoxy) is 2. The van der Waals surface area contributed by atoms with Crippen LogP contribution in [0, 0.1) is 0 Å². The van der Waals surface area contributed by atoms with E-state index in [1.165, 1.54) is 0 Å². The number of amides is 1. The highest BCUT2D eigenvalue weighted by molar-refractivity contribution is 5.92. The fourth-order valence-corrected chi connectivity index (χ4v) is 1.75. The second-order valence-corrected chi connectivity index (χ2v) is 4.52.